The number of carboxylic acid groups (broad SMARTS) is 1. The van der Waals surface area contributed by atoms with Gasteiger partial charge in [0, 0.05) is 6.20 Å². The molecule has 11 heavy (non-hydrogen) atoms. The van der Waals surface area contributed by atoms with E-state index in [1.807, 2.05) is 0 Å². The van der Waals surface area contributed by atoms with Crippen LogP contribution in [0.4, 0.5) is 0 Å². The van der Waals surface area contributed by atoms with Gasteiger partial charge in [-0.05, 0) is 18.6 Å². The molecule has 0 amide bonds. The van der Waals surface area contributed by atoms with Gasteiger partial charge in [0.25, 0.3) is 0 Å². The van der Waals surface area contributed by atoms with Crippen molar-refractivity contribution in [1.82, 2.24) is 4.98 Å². The van der Waals surface area contributed by atoms with Crippen LogP contribution in [0.1, 0.15) is 16.1 Å². The minimum Gasteiger partial charge on any atom is -0.477 e. The summed E-state index contributed by atoms with van der Waals surface area (Å²) in [5.74, 6) is -1.06. The largest absolute Gasteiger partial charge is 0.477 e. The van der Waals surface area contributed by atoms with Gasteiger partial charge in [-0.1, -0.05) is 5.46 Å². The standard InChI is InChI=1S/C7H6BNO2/c1-4-3-9-6(7(10)11)2-5(4)8/h2-3H,1H3,(H,10,11). The fourth-order valence-corrected chi connectivity index (χ4v) is 0.656. The van der Waals surface area contributed by atoms with E-state index in [0.29, 0.717) is 5.46 Å². The van der Waals surface area contributed by atoms with E-state index in [2.05, 4.69) is 4.98 Å². The maximum absolute atomic E-state index is 10.3. The minimum absolute atomic E-state index is 0.0203. The number of aromatic nitrogens is 1. The first-order chi connectivity index (χ1) is 5.11. The third-order valence-electron chi connectivity index (χ3n) is 1.36. The number of hydrogen-bond acceptors (Lipinski definition) is 2. The Kier molecular flexibility index (Phi) is 1.94. The lowest BCUT2D eigenvalue weighted by molar-refractivity contribution is 0.0690. The summed E-state index contributed by atoms with van der Waals surface area (Å²) in [6.45, 7) is 1.77. The normalized spacial score (nSPS) is 9.55. The summed E-state index contributed by atoms with van der Waals surface area (Å²) in [5, 5.41) is 8.48. The van der Waals surface area contributed by atoms with Crippen LogP contribution in [-0.4, -0.2) is 23.9 Å². The van der Waals surface area contributed by atoms with Crippen molar-refractivity contribution >= 4 is 19.3 Å². The average molecular weight is 147 g/mol. The van der Waals surface area contributed by atoms with Crippen LogP contribution in [0.15, 0.2) is 12.3 Å². The number of aromatic carboxylic acids is 1. The van der Waals surface area contributed by atoms with Crippen LogP contribution in [0, 0.1) is 6.92 Å². The quantitative estimate of drug-likeness (QED) is 0.563. The van der Waals surface area contributed by atoms with Gasteiger partial charge in [-0.25, -0.2) is 9.78 Å². The molecule has 0 saturated heterocycles. The number of carboxylic acids is 1. The maximum Gasteiger partial charge on any atom is 0.354 e. The molecule has 0 aliphatic heterocycles. The monoisotopic (exact) mass is 147 g/mol. The number of pyridine rings is 1. The first-order valence-corrected chi connectivity index (χ1v) is 3.06. The highest BCUT2D eigenvalue weighted by Gasteiger charge is 2.03. The van der Waals surface area contributed by atoms with Gasteiger partial charge in [0.1, 0.15) is 13.5 Å². The number of rotatable bonds is 1. The van der Waals surface area contributed by atoms with Gasteiger partial charge in [0.05, 0.1) is 0 Å². The van der Waals surface area contributed by atoms with Crippen LogP contribution >= 0.6 is 0 Å². The van der Waals surface area contributed by atoms with Crippen LogP contribution in [-0.2, 0) is 0 Å². The molecule has 2 radical (unpaired) electrons. The van der Waals surface area contributed by atoms with Crippen LogP contribution < -0.4 is 5.46 Å². The summed E-state index contributed by atoms with van der Waals surface area (Å²) in [5.41, 5.74) is 1.22. The number of carbonyl (C=O) groups is 1. The smallest absolute Gasteiger partial charge is 0.354 e. The molecule has 3 nitrogen and oxygen atoms in total. The van der Waals surface area contributed by atoms with Gasteiger partial charge in [0.15, 0.2) is 0 Å². The molecule has 0 aliphatic rings. The van der Waals surface area contributed by atoms with Crippen molar-refractivity contribution in [2.75, 3.05) is 0 Å². The van der Waals surface area contributed by atoms with Crippen molar-refractivity contribution < 1.29 is 9.90 Å². The summed E-state index contributed by atoms with van der Waals surface area (Å²) in [4.78, 5) is 14.0. The molecule has 1 N–H and O–H groups in total. The van der Waals surface area contributed by atoms with Crippen molar-refractivity contribution in [2.45, 2.75) is 6.92 Å². The second-order valence-corrected chi connectivity index (χ2v) is 2.23. The molecule has 54 valence electrons. The highest BCUT2D eigenvalue weighted by molar-refractivity contribution is 6.33. The average Bonchev–Trinajstić information content (AvgIpc) is 1.94. The van der Waals surface area contributed by atoms with Gasteiger partial charge in [-0.3, -0.25) is 0 Å². The molecule has 0 saturated carbocycles. The molecule has 1 aromatic heterocycles. The van der Waals surface area contributed by atoms with Gasteiger partial charge in [0.2, 0.25) is 0 Å². The lowest BCUT2D eigenvalue weighted by Gasteiger charge is -1.99. The van der Waals surface area contributed by atoms with Crippen molar-refractivity contribution in [1.29, 1.82) is 0 Å². The van der Waals surface area contributed by atoms with E-state index in [1.165, 1.54) is 12.3 Å². The summed E-state index contributed by atoms with van der Waals surface area (Å²) >= 11 is 0. The number of hydrogen-bond donors (Lipinski definition) is 1. The summed E-state index contributed by atoms with van der Waals surface area (Å²) in [7, 11) is 5.46. The molecule has 1 heterocycles. The highest BCUT2D eigenvalue weighted by Crippen LogP contribution is 1.94. The van der Waals surface area contributed by atoms with Crippen LogP contribution in [0.3, 0.4) is 0 Å². The number of nitrogens with zero attached hydrogens (tertiary/aromatic N) is 1. The first-order valence-electron chi connectivity index (χ1n) is 3.06. The van der Waals surface area contributed by atoms with E-state index in [-0.39, 0.29) is 5.69 Å². The molecule has 0 unspecified atom stereocenters. The van der Waals surface area contributed by atoms with Gasteiger partial charge < -0.3 is 5.11 Å². The Hall–Kier alpha value is -1.32. The second kappa shape index (κ2) is 2.74. The molecule has 0 bridgehead atoms. The molecule has 0 aromatic carbocycles. The van der Waals surface area contributed by atoms with Crippen LogP contribution in [0.2, 0.25) is 0 Å². The Balaban J connectivity index is 3.15. The molecule has 4 heteroatoms. The van der Waals surface area contributed by atoms with Crippen molar-refractivity contribution in [3.8, 4) is 0 Å². The molecule has 0 fully saturated rings. The van der Waals surface area contributed by atoms with Crippen LogP contribution in [0.5, 0.6) is 0 Å². The van der Waals surface area contributed by atoms with E-state index in [4.69, 9.17) is 13.0 Å². The molecule has 1 aromatic rings. The first kappa shape index (κ1) is 7.79. The Morgan fingerprint density at radius 2 is 2.36 bits per heavy atom. The highest BCUT2D eigenvalue weighted by atomic mass is 16.4. The lowest BCUT2D eigenvalue weighted by Crippen LogP contribution is -2.12. The predicted octanol–water partition coefficient (Wildman–Crippen LogP) is -0.118. The minimum atomic E-state index is -1.06. The van der Waals surface area contributed by atoms with Gasteiger partial charge in [-0.2, -0.15) is 0 Å². The van der Waals surface area contributed by atoms with E-state index in [0.717, 1.165) is 5.56 Å². The topological polar surface area (TPSA) is 50.2 Å². The summed E-state index contributed by atoms with van der Waals surface area (Å²) < 4.78 is 0. The lowest BCUT2D eigenvalue weighted by atomic mass is 9.92. The van der Waals surface area contributed by atoms with Gasteiger partial charge >= 0.3 is 5.97 Å². The third kappa shape index (κ3) is 1.58. The molecular formula is C7H6BNO2. The third-order valence-corrected chi connectivity index (χ3v) is 1.36. The van der Waals surface area contributed by atoms with E-state index >= 15 is 0 Å². The SMILES string of the molecule is [B]c1cc(C(=O)O)ncc1C. The summed E-state index contributed by atoms with van der Waals surface area (Å²) in [6.07, 6.45) is 1.44. The van der Waals surface area contributed by atoms with Crippen LogP contribution in [0.25, 0.3) is 0 Å². The fraction of sp³-hybridized carbons (Fsp3) is 0.143. The second-order valence-electron chi connectivity index (χ2n) is 2.23. The van der Waals surface area contributed by atoms with E-state index in [1.54, 1.807) is 6.92 Å². The Labute approximate surface area is 65.5 Å². The molecule has 0 spiro atoms. The molecule has 0 atom stereocenters. The van der Waals surface area contributed by atoms with E-state index in [9.17, 15) is 4.79 Å². The van der Waals surface area contributed by atoms with Crippen molar-refractivity contribution in [3.63, 3.8) is 0 Å². The maximum atomic E-state index is 10.3. The summed E-state index contributed by atoms with van der Waals surface area (Å²) in [6, 6.07) is 1.34. The van der Waals surface area contributed by atoms with Gasteiger partial charge in [-0.15, -0.1) is 0 Å². The zero-order chi connectivity index (χ0) is 8.43. The zero-order valence-electron chi connectivity index (χ0n) is 6.03. The van der Waals surface area contributed by atoms with Crippen molar-refractivity contribution in [3.05, 3.63) is 23.5 Å². The Morgan fingerprint density at radius 3 is 2.82 bits per heavy atom. The predicted molar refractivity (Wildman–Crippen MR) is 41.3 cm³/mol. The molecular weight excluding hydrogens is 141 g/mol. The molecule has 1 rings (SSSR count). The number of aryl methyl sites for hydroxylation is 1. The fourth-order valence-electron chi connectivity index (χ4n) is 0.656. The van der Waals surface area contributed by atoms with Crippen molar-refractivity contribution in [2.24, 2.45) is 0 Å². The molecule has 0 aliphatic carbocycles. The Bertz CT molecular complexity index is 298. The van der Waals surface area contributed by atoms with E-state index < -0.39 is 5.97 Å². The Morgan fingerprint density at radius 1 is 1.73 bits per heavy atom. The zero-order valence-corrected chi connectivity index (χ0v) is 6.03.